The van der Waals surface area contributed by atoms with Gasteiger partial charge < -0.3 is 14.0 Å². The number of carbonyl (C=O) groups is 1. The Morgan fingerprint density at radius 3 is 2.52 bits per heavy atom. The largest absolute Gasteiger partial charge is 0.489 e. The Hall–Kier alpha value is -3.20. The lowest BCUT2D eigenvalue weighted by Gasteiger charge is -2.26. The van der Waals surface area contributed by atoms with E-state index in [1.54, 1.807) is 30.9 Å². The van der Waals surface area contributed by atoms with Crippen molar-refractivity contribution in [2.75, 3.05) is 13.7 Å². The van der Waals surface area contributed by atoms with Gasteiger partial charge >= 0.3 is 5.97 Å². The molecule has 10 heteroatoms. The first-order valence-corrected chi connectivity index (χ1v) is 10.1. The molecule has 9 nitrogen and oxygen atoms in total. The van der Waals surface area contributed by atoms with Gasteiger partial charge in [-0.25, -0.2) is 9.78 Å². The van der Waals surface area contributed by atoms with Gasteiger partial charge in [-0.1, -0.05) is 36.7 Å². The van der Waals surface area contributed by atoms with Crippen molar-refractivity contribution in [3.8, 4) is 5.75 Å². The van der Waals surface area contributed by atoms with E-state index in [2.05, 4.69) is 15.2 Å². The van der Waals surface area contributed by atoms with Crippen molar-refractivity contribution in [1.82, 2.24) is 24.3 Å². The van der Waals surface area contributed by atoms with Crippen LogP contribution in [0.3, 0.4) is 0 Å². The van der Waals surface area contributed by atoms with Crippen LogP contribution in [-0.4, -0.2) is 44.0 Å². The van der Waals surface area contributed by atoms with E-state index in [1.165, 1.54) is 11.7 Å². The van der Waals surface area contributed by atoms with Gasteiger partial charge in [0.25, 0.3) is 5.56 Å². The smallest absolute Gasteiger partial charge is 0.361 e. The molecular weight excluding hydrogens is 422 g/mol. The van der Waals surface area contributed by atoms with Gasteiger partial charge in [-0.3, -0.25) is 9.36 Å². The molecule has 0 N–H and O–H groups in total. The number of benzene rings is 1. The van der Waals surface area contributed by atoms with E-state index < -0.39 is 17.4 Å². The van der Waals surface area contributed by atoms with Crippen molar-refractivity contribution in [2.24, 2.45) is 14.1 Å². The molecule has 2 aromatic heterocycles. The Kier molecular flexibility index (Phi) is 6.74. The maximum atomic E-state index is 13.0. The van der Waals surface area contributed by atoms with Gasteiger partial charge in [0.2, 0.25) is 5.75 Å². The first-order chi connectivity index (χ1) is 14.8. The maximum absolute atomic E-state index is 13.0. The van der Waals surface area contributed by atoms with E-state index in [0.717, 1.165) is 5.56 Å². The molecule has 2 unspecified atom stereocenters. The van der Waals surface area contributed by atoms with Crippen LogP contribution in [0.4, 0.5) is 0 Å². The number of ether oxygens (including phenoxy) is 2. The first-order valence-electron chi connectivity index (χ1n) is 9.72. The van der Waals surface area contributed by atoms with E-state index in [1.807, 2.05) is 32.2 Å². The molecule has 0 fully saturated rings. The predicted octanol–water partition coefficient (Wildman–Crippen LogP) is 2.68. The number of rotatable bonds is 7. The number of carbonyl (C=O) groups excluding carboxylic acids is 1. The van der Waals surface area contributed by atoms with Crippen LogP contribution in [0, 0.1) is 0 Å². The summed E-state index contributed by atoms with van der Waals surface area (Å²) in [5.74, 6) is -0.671. The first kappa shape index (κ1) is 22.5. The van der Waals surface area contributed by atoms with Crippen molar-refractivity contribution in [2.45, 2.75) is 25.7 Å². The predicted molar refractivity (Wildman–Crippen MR) is 115 cm³/mol. The molecule has 0 saturated heterocycles. The maximum Gasteiger partial charge on any atom is 0.361 e. The number of hydrogen-bond acceptors (Lipinski definition) is 7. The third kappa shape index (κ3) is 4.18. The Morgan fingerprint density at radius 2 is 1.94 bits per heavy atom. The van der Waals surface area contributed by atoms with Crippen LogP contribution in [0.2, 0.25) is 5.02 Å². The number of methoxy groups -OCH3 is 1. The van der Waals surface area contributed by atoms with E-state index in [4.69, 9.17) is 21.1 Å². The minimum absolute atomic E-state index is 0.144. The second-order valence-electron chi connectivity index (χ2n) is 7.02. The molecule has 0 aliphatic heterocycles. The lowest BCUT2D eigenvalue weighted by Crippen LogP contribution is -2.30. The van der Waals surface area contributed by atoms with Crippen LogP contribution < -0.4 is 10.3 Å². The number of aryl methyl sites for hydroxylation is 1. The highest BCUT2D eigenvalue weighted by Crippen LogP contribution is 2.39. The molecular formula is C21H24ClN5O4. The molecule has 0 bridgehead atoms. The van der Waals surface area contributed by atoms with Gasteiger partial charge in [-0.2, -0.15) is 0 Å². The van der Waals surface area contributed by atoms with Crippen LogP contribution in [0.25, 0.3) is 0 Å². The molecule has 0 aliphatic carbocycles. The van der Waals surface area contributed by atoms with Crippen molar-refractivity contribution < 1.29 is 14.3 Å². The van der Waals surface area contributed by atoms with Crippen molar-refractivity contribution in [1.29, 1.82) is 0 Å². The number of esters is 1. The average molecular weight is 446 g/mol. The zero-order chi connectivity index (χ0) is 22.7. The van der Waals surface area contributed by atoms with E-state index >= 15 is 0 Å². The highest BCUT2D eigenvalue weighted by atomic mass is 35.5. The number of nitrogens with zero attached hydrogens (tertiary/aromatic N) is 5. The fourth-order valence-corrected chi connectivity index (χ4v) is 3.86. The number of aromatic nitrogens is 5. The lowest BCUT2D eigenvalue weighted by atomic mass is 9.85. The van der Waals surface area contributed by atoms with E-state index in [9.17, 15) is 9.59 Å². The van der Waals surface area contributed by atoms with Gasteiger partial charge in [-0.05, 0) is 18.6 Å². The van der Waals surface area contributed by atoms with Crippen LogP contribution in [-0.2, 0) is 18.8 Å². The van der Waals surface area contributed by atoms with Crippen LogP contribution in [0.15, 0.2) is 35.4 Å². The topological polar surface area (TPSA) is 101 Å². The Labute approximate surface area is 184 Å². The molecule has 0 amide bonds. The van der Waals surface area contributed by atoms with Crippen LogP contribution in [0.1, 0.15) is 53.4 Å². The van der Waals surface area contributed by atoms with Crippen molar-refractivity contribution in [3.63, 3.8) is 0 Å². The minimum atomic E-state index is -0.724. The third-order valence-electron chi connectivity index (χ3n) is 5.13. The molecule has 0 aliphatic rings. The fraction of sp³-hybridized carbons (Fsp3) is 0.381. The summed E-state index contributed by atoms with van der Waals surface area (Å²) in [6.45, 7) is 3.72. The monoisotopic (exact) mass is 445 g/mol. The quantitative estimate of drug-likeness (QED) is 0.515. The molecule has 2 atom stereocenters. The minimum Gasteiger partial charge on any atom is -0.489 e. The normalized spacial score (nSPS) is 13.0. The van der Waals surface area contributed by atoms with E-state index in [0.29, 0.717) is 16.7 Å². The molecule has 2 heterocycles. The summed E-state index contributed by atoms with van der Waals surface area (Å²) in [6.07, 6.45) is 1.59. The summed E-state index contributed by atoms with van der Waals surface area (Å²) in [5, 5.41) is 8.82. The standard InChI is InChI=1S/C21H24ClN5O4/c1-6-31-21(29)16-17(30-5)20(28)27(4)18(24-16)12(2)15(19-25-23-11-26(19)3)13-9-7-8-10-14(13)22/h7-12,15H,6H2,1-5H3. The van der Waals surface area contributed by atoms with Gasteiger partial charge in [0, 0.05) is 25.0 Å². The zero-order valence-corrected chi connectivity index (χ0v) is 18.8. The summed E-state index contributed by atoms with van der Waals surface area (Å²) in [5.41, 5.74) is 0.152. The van der Waals surface area contributed by atoms with Gasteiger partial charge in [0.05, 0.1) is 19.6 Å². The van der Waals surface area contributed by atoms with E-state index in [-0.39, 0.29) is 24.0 Å². The van der Waals surface area contributed by atoms with Crippen LogP contribution in [0.5, 0.6) is 5.75 Å². The molecule has 164 valence electrons. The summed E-state index contributed by atoms with van der Waals surface area (Å²) < 4.78 is 13.4. The highest BCUT2D eigenvalue weighted by Gasteiger charge is 2.33. The summed E-state index contributed by atoms with van der Waals surface area (Å²) in [7, 11) is 4.73. The average Bonchev–Trinajstić information content (AvgIpc) is 3.17. The van der Waals surface area contributed by atoms with Gasteiger partial charge in [0.1, 0.15) is 18.0 Å². The Bertz CT molecular complexity index is 1160. The summed E-state index contributed by atoms with van der Waals surface area (Å²) >= 11 is 6.52. The molecule has 3 rings (SSSR count). The second kappa shape index (κ2) is 9.30. The highest BCUT2D eigenvalue weighted by molar-refractivity contribution is 6.31. The second-order valence-corrected chi connectivity index (χ2v) is 7.43. The number of hydrogen-bond donors (Lipinski definition) is 0. The van der Waals surface area contributed by atoms with Gasteiger partial charge in [-0.15, -0.1) is 10.2 Å². The zero-order valence-electron chi connectivity index (χ0n) is 18.0. The fourth-order valence-electron chi connectivity index (χ4n) is 3.61. The molecule has 0 spiro atoms. The molecule has 31 heavy (non-hydrogen) atoms. The van der Waals surface area contributed by atoms with Crippen molar-refractivity contribution in [3.05, 3.63) is 68.9 Å². The summed E-state index contributed by atoms with van der Waals surface area (Å²) in [4.78, 5) is 29.9. The lowest BCUT2D eigenvalue weighted by molar-refractivity contribution is 0.0514. The molecule has 1 aromatic carbocycles. The molecule has 3 aromatic rings. The van der Waals surface area contributed by atoms with Gasteiger partial charge in [0.15, 0.2) is 5.69 Å². The van der Waals surface area contributed by atoms with Crippen LogP contribution >= 0.6 is 11.6 Å². The third-order valence-corrected chi connectivity index (χ3v) is 5.47. The number of halogens is 1. The molecule has 0 saturated carbocycles. The molecule has 0 radical (unpaired) electrons. The Balaban J connectivity index is 2.24. The van der Waals surface area contributed by atoms with Crippen molar-refractivity contribution >= 4 is 17.6 Å². The SMILES string of the molecule is CCOC(=O)c1nc(C(C)C(c2ccccc2Cl)c2nncn2C)n(C)c(=O)c1OC. The Morgan fingerprint density at radius 1 is 1.23 bits per heavy atom. The summed E-state index contributed by atoms with van der Waals surface area (Å²) in [6, 6.07) is 7.40.